The molecule has 4 rings (SSSR count). The van der Waals surface area contributed by atoms with E-state index >= 15 is 0 Å². The van der Waals surface area contributed by atoms with Crippen molar-refractivity contribution in [2.75, 3.05) is 11.9 Å². The van der Waals surface area contributed by atoms with Crippen LogP contribution in [0.5, 0.6) is 0 Å². The van der Waals surface area contributed by atoms with E-state index in [0.717, 1.165) is 34.7 Å². The summed E-state index contributed by atoms with van der Waals surface area (Å²) in [7, 11) is 0. The number of rotatable bonds is 1. The van der Waals surface area contributed by atoms with Gasteiger partial charge >= 0.3 is 6.03 Å². The fraction of sp³-hybridized carbons (Fsp3) is 0.235. The maximum atomic E-state index is 12.5. The Labute approximate surface area is 144 Å². The van der Waals surface area contributed by atoms with Crippen molar-refractivity contribution in [3.05, 3.63) is 58.5 Å². The number of aryl methyl sites for hydroxylation is 1. The lowest BCUT2D eigenvalue weighted by Gasteiger charge is -2.28. The molecule has 0 spiro atoms. The van der Waals surface area contributed by atoms with Crippen LogP contribution in [-0.4, -0.2) is 32.1 Å². The molecule has 3 aromatic rings. The highest BCUT2D eigenvalue weighted by Crippen LogP contribution is 2.21. The van der Waals surface area contributed by atoms with E-state index in [2.05, 4.69) is 15.4 Å². The number of urea groups is 1. The average molecular weight is 342 g/mol. The van der Waals surface area contributed by atoms with Crippen molar-refractivity contribution in [3.63, 3.8) is 0 Å². The topological polar surface area (TPSA) is 62.5 Å². The number of carbonyl (C=O) groups is 1. The Morgan fingerprint density at radius 3 is 2.88 bits per heavy atom. The van der Waals surface area contributed by atoms with Gasteiger partial charge in [0.15, 0.2) is 5.65 Å². The zero-order valence-corrected chi connectivity index (χ0v) is 13.9. The molecule has 0 unspecified atom stereocenters. The van der Waals surface area contributed by atoms with E-state index in [9.17, 15) is 4.79 Å². The van der Waals surface area contributed by atoms with Crippen LogP contribution >= 0.6 is 11.6 Å². The fourth-order valence-corrected chi connectivity index (χ4v) is 3.09. The second-order valence-electron chi connectivity index (χ2n) is 5.89. The van der Waals surface area contributed by atoms with Crippen LogP contribution in [0.15, 0.2) is 36.5 Å². The summed E-state index contributed by atoms with van der Waals surface area (Å²) in [5.74, 6) is 0. The minimum atomic E-state index is -0.125. The second kappa shape index (κ2) is 5.79. The average Bonchev–Trinajstić information content (AvgIpc) is 2.97. The smallest absolute Gasteiger partial charge is 0.320 e. The van der Waals surface area contributed by atoms with Crippen LogP contribution in [0.4, 0.5) is 10.5 Å². The molecule has 122 valence electrons. The van der Waals surface area contributed by atoms with Gasteiger partial charge in [-0.1, -0.05) is 11.6 Å². The number of hydrogen-bond acceptors (Lipinski definition) is 3. The van der Waals surface area contributed by atoms with Crippen molar-refractivity contribution in [3.8, 4) is 0 Å². The first-order valence-electron chi connectivity index (χ1n) is 7.75. The number of nitrogens with one attached hydrogen (secondary N) is 1. The summed E-state index contributed by atoms with van der Waals surface area (Å²) in [6.07, 6.45) is 2.59. The Kier molecular flexibility index (Phi) is 3.61. The Morgan fingerprint density at radius 1 is 1.29 bits per heavy atom. The summed E-state index contributed by atoms with van der Waals surface area (Å²) in [5.41, 5.74) is 4.68. The minimum absolute atomic E-state index is 0.125. The van der Waals surface area contributed by atoms with Gasteiger partial charge in [-0.15, -0.1) is 0 Å². The van der Waals surface area contributed by atoms with Gasteiger partial charge in [0.2, 0.25) is 0 Å². The van der Waals surface area contributed by atoms with Gasteiger partial charge < -0.3 is 10.2 Å². The van der Waals surface area contributed by atoms with E-state index in [-0.39, 0.29) is 6.03 Å². The van der Waals surface area contributed by atoms with Crippen molar-refractivity contribution in [2.24, 2.45) is 0 Å². The highest BCUT2D eigenvalue weighted by atomic mass is 35.5. The SMILES string of the molecule is Cc1cc2ncc3c(n2n1)CCN(C(=O)Nc1ccc(Cl)cc1)C3. The van der Waals surface area contributed by atoms with E-state index < -0.39 is 0 Å². The van der Waals surface area contributed by atoms with Crippen molar-refractivity contribution in [2.45, 2.75) is 19.9 Å². The molecule has 24 heavy (non-hydrogen) atoms. The molecule has 0 bridgehead atoms. The van der Waals surface area contributed by atoms with E-state index in [1.54, 1.807) is 29.2 Å². The van der Waals surface area contributed by atoms with Crippen LogP contribution in [0, 0.1) is 6.92 Å². The summed E-state index contributed by atoms with van der Waals surface area (Å²) in [6.45, 7) is 3.12. The molecule has 3 heterocycles. The third kappa shape index (κ3) is 2.69. The molecule has 1 aliphatic rings. The minimum Gasteiger partial charge on any atom is -0.320 e. The lowest BCUT2D eigenvalue weighted by molar-refractivity contribution is 0.205. The van der Waals surface area contributed by atoms with Gasteiger partial charge in [-0.05, 0) is 31.2 Å². The molecule has 6 nitrogen and oxygen atoms in total. The molecule has 0 saturated carbocycles. The molecule has 1 N–H and O–H groups in total. The number of hydrogen-bond donors (Lipinski definition) is 1. The molecule has 0 atom stereocenters. The largest absolute Gasteiger partial charge is 0.322 e. The lowest BCUT2D eigenvalue weighted by atomic mass is 10.1. The first kappa shape index (κ1) is 15.0. The Morgan fingerprint density at radius 2 is 2.08 bits per heavy atom. The first-order valence-corrected chi connectivity index (χ1v) is 8.12. The zero-order chi connectivity index (χ0) is 16.7. The third-order valence-electron chi connectivity index (χ3n) is 4.15. The fourth-order valence-electron chi connectivity index (χ4n) is 2.96. The quantitative estimate of drug-likeness (QED) is 0.738. The summed E-state index contributed by atoms with van der Waals surface area (Å²) in [5, 5.41) is 8.03. The highest BCUT2D eigenvalue weighted by molar-refractivity contribution is 6.30. The molecule has 1 aliphatic heterocycles. The monoisotopic (exact) mass is 341 g/mol. The molecule has 0 aliphatic carbocycles. The van der Waals surface area contributed by atoms with Gasteiger partial charge in [0, 0.05) is 41.5 Å². The molecule has 7 heteroatoms. The molecule has 0 saturated heterocycles. The maximum absolute atomic E-state index is 12.5. The van der Waals surface area contributed by atoms with Gasteiger partial charge in [-0.2, -0.15) is 5.10 Å². The number of nitrogens with zero attached hydrogens (tertiary/aromatic N) is 4. The number of anilines is 1. The van der Waals surface area contributed by atoms with Crippen molar-refractivity contribution in [1.29, 1.82) is 0 Å². The molecule has 2 amide bonds. The highest BCUT2D eigenvalue weighted by Gasteiger charge is 2.23. The first-order chi connectivity index (χ1) is 11.6. The molecular formula is C17H16ClN5O. The molecule has 0 fully saturated rings. The normalized spacial score (nSPS) is 13.8. The van der Waals surface area contributed by atoms with Crippen LogP contribution in [0.1, 0.15) is 17.0 Å². The van der Waals surface area contributed by atoms with Crippen LogP contribution < -0.4 is 5.32 Å². The second-order valence-corrected chi connectivity index (χ2v) is 6.33. The van der Waals surface area contributed by atoms with E-state index in [4.69, 9.17) is 11.6 Å². The number of amides is 2. The van der Waals surface area contributed by atoms with Crippen LogP contribution in [0.3, 0.4) is 0 Å². The van der Waals surface area contributed by atoms with Crippen LogP contribution in [0.25, 0.3) is 5.65 Å². The van der Waals surface area contributed by atoms with Crippen molar-refractivity contribution in [1.82, 2.24) is 19.5 Å². The number of aromatic nitrogens is 3. The Balaban J connectivity index is 1.54. The van der Waals surface area contributed by atoms with Crippen molar-refractivity contribution < 1.29 is 4.79 Å². The summed E-state index contributed by atoms with van der Waals surface area (Å²) < 4.78 is 1.89. The third-order valence-corrected chi connectivity index (χ3v) is 4.41. The van der Waals surface area contributed by atoms with Gasteiger partial charge in [-0.25, -0.2) is 14.3 Å². The van der Waals surface area contributed by atoms with Gasteiger partial charge in [0.05, 0.1) is 17.9 Å². The maximum Gasteiger partial charge on any atom is 0.322 e. The van der Waals surface area contributed by atoms with Crippen LogP contribution in [0.2, 0.25) is 5.02 Å². The number of carbonyl (C=O) groups excluding carboxylic acids is 1. The molecule has 1 aromatic carbocycles. The van der Waals surface area contributed by atoms with E-state index in [1.807, 2.05) is 23.7 Å². The molecule has 2 aromatic heterocycles. The summed E-state index contributed by atoms with van der Waals surface area (Å²) in [4.78, 5) is 18.7. The summed E-state index contributed by atoms with van der Waals surface area (Å²) in [6, 6.07) is 8.91. The standard InChI is InChI=1S/C17H16ClN5O/c1-11-8-16-19-9-12-10-22(7-6-15(12)23(16)21-11)17(24)20-14-4-2-13(18)3-5-14/h2-5,8-9H,6-7,10H2,1H3,(H,20,24). The predicted octanol–water partition coefficient (Wildman–Crippen LogP) is 3.28. The number of fused-ring (bicyclic) bond motifs is 3. The molecule has 0 radical (unpaired) electrons. The molecular weight excluding hydrogens is 326 g/mol. The van der Waals surface area contributed by atoms with Crippen LogP contribution in [-0.2, 0) is 13.0 Å². The van der Waals surface area contributed by atoms with Gasteiger partial charge in [-0.3, -0.25) is 0 Å². The number of halogens is 1. The Bertz CT molecular complexity index is 919. The van der Waals surface area contributed by atoms with Crippen molar-refractivity contribution >= 4 is 29.0 Å². The van der Waals surface area contributed by atoms with Gasteiger partial charge in [0.25, 0.3) is 0 Å². The summed E-state index contributed by atoms with van der Waals surface area (Å²) >= 11 is 5.86. The lowest BCUT2D eigenvalue weighted by Crippen LogP contribution is -2.39. The van der Waals surface area contributed by atoms with E-state index in [1.165, 1.54) is 0 Å². The number of benzene rings is 1. The van der Waals surface area contributed by atoms with Gasteiger partial charge in [0.1, 0.15) is 0 Å². The predicted molar refractivity (Wildman–Crippen MR) is 92.3 cm³/mol. The Hall–Kier alpha value is -2.60. The zero-order valence-electron chi connectivity index (χ0n) is 13.2. The van der Waals surface area contributed by atoms with E-state index in [0.29, 0.717) is 18.1 Å².